The van der Waals surface area contributed by atoms with Crippen LogP contribution in [0.25, 0.3) is 0 Å². The maximum absolute atomic E-state index is 12.8. The summed E-state index contributed by atoms with van der Waals surface area (Å²) in [6.45, 7) is 6.47. The molecule has 0 heterocycles. The highest BCUT2D eigenvalue weighted by Gasteiger charge is 2.19. The first kappa shape index (κ1) is 74.8. The van der Waals surface area contributed by atoms with E-state index in [1.807, 2.05) is 6.08 Å². The molecule has 0 N–H and O–H groups in total. The summed E-state index contributed by atoms with van der Waals surface area (Å²) in [5.41, 5.74) is 0. The summed E-state index contributed by atoms with van der Waals surface area (Å²) in [6.07, 6.45) is 86.9. The topological polar surface area (TPSA) is 78.9 Å². The predicted octanol–water partition coefficient (Wildman–Crippen LogP) is 23.3. The van der Waals surface area contributed by atoms with Crippen LogP contribution in [0.15, 0.2) is 72.9 Å². The summed E-state index contributed by atoms with van der Waals surface area (Å²) in [4.78, 5) is 38.2. The lowest BCUT2D eigenvalue weighted by Crippen LogP contribution is -2.30. The monoisotopic (exact) mass is 1090 g/mol. The van der Waals surface area contributed by atoms with E-state index in [2.05, 4.69) is 81.5 Å². The Bertz CT molecular complexity index is 1440. The molecule has 6 nitrogen and oxygen atoms in total. The molecule has 0 aromatic rings. The van der Waals surface area contributed by atoms with Crippen LogP contribution in [0.5, 0.6) is 0 Å². The zero-order valence-electron chi connectivity index (χ0n) is 51.9. The number of rotatable bonds is 62. The average molecular weight is 1090 g/mol. The van der Waals surface area contributed by atoms with Crippen molar-refractivity contribution in [1.29, 1.82) is 0 Å². The van der Waals surface area contributed by atoms with Crippen LogP contribution in [0.2, 0.25) is 0 Å². The number of allylic oxidation sites excluding steroid dienone is 11. The third-order valence-electron chi connectivity index (χ3n) is 15.0. The minimum Gasteiger partial charge on any atom is -0.462 e. The lowest BCUT2D eigenvalue weighted by Gasteiger charge is -2.18. The Balaban J connectivity index is 4.20. The Labute approximate surface area is 484 Å². The molecule has 452 valence electrons. The molecule has 0 radical (unpaired) electrons. The number of carbonyl (C=O) groups is 3. The quantitative estimate of drug-likeness (QED) is 0.0261. The van der Waals surface area contributed by atoms with E-state index < -0.39 is 12.1 Å². The van der Waals surface area contributed by atoms with E-state index >= 15 is 0 Å². The van der Waals surface area contributed by atoms with Crippen LogP contribution in [0.4, 0.5) is 0 Å². The van der Waals surface area contributed by atoms with Gasteiger partial charge in [0, 0.05) is 12.8 Å². The fraction of sp³-hybridized carbons (Fsp3) is 0.792. The Morgan fingerprint density at radius 2 is 0.538 bits per heavy atom. The van der Waals surface area contributed by atoms with Crippen molar-refractivity contribution in [3.63, 3.8) is 0 Å². The average Bonchev–Trinajstić information content (AvgIpc) is 3.44. The molecule has 1 unspecified atom stereocenters. The molecule has 0 rings (SSSR count). The summed E-state index contributed by atoms with van der Waals surface area (Å²) in [7, 11) is 0. The fourth-order valence-corrected chi connectivity index (χ4v) is 9.93. The van der Waals surface area contributed by atoms with Gasteiger partial charge < -0.3 is 14.2 Å². The van der Waals surface area contributed by atoms with Crippen molar-refractivity contribution in [1.82, 2.24) is 0 Å². The number of hydrogen-bond acceptors (Lipinski definition) is 6. The largest absolute Gasteiger partial charge is 0.462 e. The molecule has 0 aliphatic carbocycles. The second kappa shape index (κ2) is 66.4. The fourth-order valence-electron chi connectivity index (χ4n) is 9.93. The summed E-state index contributed by atoms with van der Waals surface area (Å²) in [5, 5.41) is 0. The summed E-state index contributed by atoms with van der Waals surface area (Å²) < 4.78 is 16.8. The van der Waals surface area contributed by atoms with Gasteiger partial charge in [-0.25, -0.2) is 0 Å². The van der Waals surface area contributed by atoms with Crippen LogP contribution in [-0.4, -0.2) is 37.2 Å². The van der Waals surface area contributed by atoms with Gasteiger partial charge in [-0.05, 0) is 70.6 Å². The molecule has 0 aromatic carbocycles. The summed E-state index contributed by atoms with van der Waals surface area (Å²) in [5.74, 6) is -1.04. The number of esters is 3. The molecule has 0 spiro atoms. The maximum atomic E-state index is 12.8. The molecule has 0 aliphatic heterocycles. The van der Waals surface area contributed by atoms with Crippen molar-refractivity contribution >= 4 is 17.9 Å². The molecule has 1 atom stereocenters. The highest BCUT2D eigenvalue weighted by atomic mass is 16.6. The smallest absolute Gasteiger partial charge is 0.310 e. The zero-order valence-corrected chi connectivity index (χ0v) is 51.9. The third kappa shape index (κ3) is 63.7. The SMILES string of the molecule is CC/C=C\C/C=C\C/C=C\C/C=C\C/C=C\CC(=O)OC(COC(=O)CCCCCCC/C=C\CCCCCCC)COC(=O)CCCCCCCCCCCCCCCCCCCCCCCCCCCCCCCCC. The first-order chi connectivity index (χ1) is 38.5. The van der Waals surface area contributed by atoms with Crippen LogP contribution in [0.1, 0.15) is 348 Å². The van der Waals surface area contributed by atoms with E-state index in [1.54, 1.807) is 6.08 Å². The molecular weight excluding hydrogens is 961 g/mol. The van der Waals surface area contributed by atoms with Gasteiger partial charge >= 0.3 is 17.9 Å². The Morgan fingerprint density at radius 1 is 0.282 bits per heavy atom. The maximum Gasteiger partial charge on any atom is 0.310 e. The van der Waals surface area contributed by atoms with Gasteiger partial charge in [0.1, 0.15) is 13.2 Å². The molecule has 0 saturated heterocycles. The number of hydrogen-bond donors (Lipinski definition) is 0. The van der Waals surface area contributed by atoms with E-state index in [0.29, 0.717) is 12.8 Å². The molecular formula is C72H128O6. The van der Waals surface area contributed by atoms with Crippen LogP contribution in [0, 0.1) is 0 Å². The van der Waals surface area contributed by atoms with Crippen LogP contribution >= 0.6 is 0 Å². The molecule has 0 bridgehead atoms. The highest BCUT2D eigenvalue weighted by Crippen LogP contribution is 2.18. The molecule has 6 heteroatoms. The molecule has 78 heavy (non-hydrogen) atoms. The Morgan fingerprint density at radius 3 is 0.833 bits per heavy atom. The van der Waals surface area contributed by atoms with E-state index in [4.69, 9.17) is 14.2 Å². The number of carbonyl (C=O) groups excluding carboxylic acids is 3. The minimum absolute atomic E-state index is 0.0977. The molecule has 0 fully saturated rings. The van der Waals surface area contributed by atoms with Crippen molar-refractivity contribution in [2.24, 2.45) is 0 Å². The lowest BCUT2D eigenvalue weighted by atomic mass is 10.0. The van der Waals surface area contributed by atoms with Gasteiger partial charge in [0.25, 0.3) is 0 Å². The van der Waals surface area contributed by atoms with Gasteiger partial charge in [-0.2, -0.15) is 0 Å². The molecule has 0 aromatic heterocycles. The standard InChI is InChI=1S/C72H128O6/c1-4-7-10-13-16-19-22-25-28-29-30-31-32-33-34-35-36-37-38-39-40-41-42-43-45-47-50-53-56-59-62-65-71(74)77-68-69(67-76-70(73)64-61-58-55-52-49-46-27-24-21-18-15-12-9-6-3)78-72(75)66-63-60-57-54-51-48-44-26-23-20-17-14-11-8-5-2/h8,11,17,20,24,26-27,44,51,54,60,63,69H,4-7,9-10,12-16,18-19,21-23,25,28-43,45-50,52-53,55-59,61-62,64-68H2,1-3H3/b11-8-,20-17-,27-24-,44-26-,54-51-,63-60-. The first-order valence-corrected chi connectivity index (χ1v) is 33.9. The predicted molar refractivity (Wildman–Crippen MR) is 339 cm³/mol. The van der Waals surface area contributed by atoms with Crippen LogP contribution < -0.4 is 0 Å². The Kier molecular flexibility index (Phi) is 63.7. The lowest BCUT2D eigenvalue weighted by molar-refractivity contribution is -0.166. The van der Waals surface area contributed by atoms with E-state index in [1.165, 1.54) is 225 Å². The van der Waals surface area contributed by atoms with E-state index in [0.717, 1.165) is 83.5 Å². The zero-order chi connectivity index (χ0) is 56.4. The van der Waals surface area contributed by atoms with Gasteiger partial charge in [0.05, 0.1) is 6.42 Å². The molecule has 0 amide bonds. The van der Waals surface area contributed by atoms with Crippen molar-refractivity contribution in [3.8, 4) is 0 Å². The van der Waals surface area contributed by atoms with Crippen molar-refractivity contribution in [3.05, 3.63) is 72.9 Å². The summed E-state index contributed by atoms with van der Waals surface area (Å²) in [6, 6.07) is 0. The van der Waals surface area contributed by atoms with Gasteiger partial charge in [-0.15, -0.1) is 0 Å². The number of ether oxygens (including phenoxy) is 3. The van der Waals surface area contributed by atoms with E-state index in [-0.39, 0.29) is 31.6 Å². The Hall–Kier alpha value is -3.15. The number of unbranched alkanes of at least 4 members (excludes halogenated alkanes) is 40. The van der Waals surface area contributed by atoms with E-state index in [9.17, 15) is 14.4 Å². The molecule has 0 saturated carbocycles. The van der Waals surface area contributed by atoms with Crippen LogP contribution in [-0.2, 0) is 28.6 Å². The van der Waals surface area contributed by atoms with Crippen molar-refractivity contribution in [2.45, 2.75) is 354 Å². The van der Waals surface area contributed by atoms with Gasteiger partial charge in [0.15, 0.2) is 6.10 Å². The van der Waals surface area contributed by atoms with Gasteiger partial charge in [-0.3, -0.25) is 14.4 Å². The second-order valence-corrected chi connectivity index (χ2v) is 22.7. The van der Waals surface area contributed by atoms with Crippen molar-refractivity contribution < 1.29 is 28.6 Å². The third-order valence-corrected chi connectivity index (χ3v) is 15.0. The van der Waals surface area contributed by atoms with Gasteiger partial charge in [0.2, 0.25) is 0 Å². The van der Waals surface area contributed by atoms with Gasteiger partial charge in [-0.1, -0.05) is 331 Å². The minimum atomic E-state index is -0.833. The normalized spacial score (nSPS) is 12.5. The highest BCUT2D eigenvalue weighted by molar-refractivity contribution is 5.72. The summed E-state index contributed by atoms with van der Waals surface area (Å²) >= 11 is 0. The first-order valence-electron chi connectivity index (χ1n) is 33.9. The van der Waals surface area contributed by atoms with Crippen LogP contribution in [0.3, 0.4) is 0 Å². The molecule has 0 aliphatic rings. The van der Waals surface area contributed by atoms with Crippen molar-refractivity contribution in [2.75, 3.05) is 13.2 Å². The second-order valence-electron chi connectivity index (χ2n) is 22.7.